The number of hydrogen-bond donors (Lipinski definition) is 1. The lowest BCUT2D eigenvalue weighted by molar-refractivity contribution is 0.394. The number of hydrogen-bond acceptors (Lipinski definition) is 2. The van der Waals surface area contributed by atoms with Crippen molar-refractivity contribution in [3.63, 3.8) is 0 Å². The van der Waals surface area contributed by atoms with E-state index in [1.165, 1.54) is 11.3 Å². The smallest absolute Gasteiger partial charge is 0.0931 e. The van der Waals surface area contributed by atoms with Crippen molar-refractivity contribution in [3.05, 3.63) is 21.3 Å². The summed E-state index contributed by atoms with van der Waals surface area (Å²) in [7, 11) is 0. The molecule has 0 saturated carbocycles. The average Bonchev–Trinajstić information content (AvgIpc) is 2.48. The molecule has 1 unspecified atom stereocenters. The van der Waals surface area contributed by atoms with Crippen LogP contribution in [0.1, 0.15) is 39.0 Å². The van der Waals surface area contributed by atoms with Gasteiger partial charge in [-0.15, -0.1) is 11.3 Å². The molecular weight excluding hydrogens is 238 g/mol. The molecule has 0 aliphatic carbocycles. The summed E-state index contributed by atoms with van der Waals surface area (Å²) < 4.78 is 0.898. The minimum Gasteiger partial charge on any atom is -0.312 e. The van der Waals surface area contributed by atoms with Crippen LogP contribution in [0.5, 0.6) is 0 Å². The average molecular weight is 260 g/mol. The largest absolute Gasteiger partial charge is 0.312 e. The summed E-state index contributed by atoms with van der Waals surface area (Å²) in [6.07, 6.45) is 2.36. The SMILES string of the molecule is CC(CCNC(C)(C)C)Cc1ccc(Cl)s1. The second kappa shape index (κ2) is 6.04. The molecule has 0 radical (unpaired) electrons. The number of nitrogens with one attached hydrogen (secondary N) is 1. The summed E-state index contributed by atoms with van der Waals surface area (Å²) in [5, 5.41) is 3.52. The Balaban J connectivity index is 2.23. The minimum absolute atomic E-state index is 0.228. The second-order valence-electron chi connectivity index (χ2n) is 5.48. The molecule has 0 aromatic carbocycles. The Morgan fingerprint density at radius 1 is 1.38 bits per heavy atom. The molecule has 1 atom stereocenters. The van der Waals surface area contributed by atoms with Gasteiger partial charge in [-0.2, -0.15) is 0 Å². The van der Waals surface area contributed by atoms with E-state index in [0.29, 0.717) is 5.92 Å². The van der Waals surface area contributed by atoms with Crippen LogP contribution in [0, 0.1) is 5.92 Å². The molecule has 0 fully saturated rings. The third kappa shape index (κ3) is 5.88. The van der Waals surface area contributed by atoms with Crippen molar-refractivity contribution in [1.82, 2.24) is 5.32 Å². The number of halogens is 1. The highest BCUT2D eigenvalue weighted by atomic mass is 35.5. The van der Waals surface area contributed by atoms with E-state index < -0.39 is 0 Å². The molecule has 1 rings (SSSR count). The van der Waals surface area contributed by atoms with Gasteiger partial charge in [0.25, 0.3) is 0 Å². The predicted molar refractivity (Wildman–Crippen MR) is 74.6 cm³/mol. The molecule has 16 heavy (non-hydrogen) atoms. The standard InChI is InChI=1S/C13H22ClNS/c1-10(7-8-15-13(2,3)4)9-11-5-6-12(14)16-11/h5-6,10,15H,7-9H2,1-4H3. The van der Waals surface area contributed by atoms with Crippen LogP contribution in [0.25, 0.3) is 0 Å². The van der Waals surface area contributed by atoms with Crippen molar-refractivity contribution in [2.24, 2.45) is 5.92 Å². The lowest BCUT2D eigenvalue weighted by Crippen LogP contribution is -2.36. The maximum atomic E-state index is 5.91. The zero-order valence-corrected chi connectivity index (χ0v) is 12.2. The highest BCUT2D eigenvalue weighted by Gasteiger charge is 2.10. The molecule has 1 heterocycles. The van der Waals surface area contributed by atoms with Crippen molar-refractivity contribution in [1.29, 1.82) is 0 Å². The normalized spacial score (nSPS) is 14.1. The lowest BCUT2D eigenvalue weighted by Gasteiger charge is -2.21. The van der Waals surface area contributed by atoms with E-state index in [2.05, 4.69) is 39.1 Å². The first-order valence-electron chi connectivity index (χ1n) is 5.86. The van der Waals surface area contributed by atoms with E-state index in [9.17, 15) is 0 Å². The van der Waals surface area contributed by atoms with Gasteiger partial charge in [0.15, 0.2) is 0 Å². The highest BCUT2D eigenvalue weighted by molar-refractivity contribution is 7.16. The van der Waals surface area contributed by atoms with Crippen LogP contribution in [-0.4, -0.2) is 12.1 Å². The van der Waals surface area contributed by atoms with Crippen LogP contribution in [0.15, 0.2) is 12.1 Å². The summed E-state index contributed by atoms with van der Waals surface area (Å²) in [4.78, 5) is 1.40. The topological polar surface area (TPSA) is 12.0 Å². The Hall–Kier alpha value is -0.0500. The minimum atomic E-state index is 0.228. The molecule has 0 saturated heterocycles. The first kappa shape index (κ1) is 14.0. The number of rotatable bonds is 5. The van der Waals surface area contributed by atoms with Crippen LogP contribution in [0.2, 0.25) is 4.34 Å². The van der Waals surface area contributed by atoms with Crippen LogP contribution < -0.4 is 5.32 Å². The molecule has 0 aliphatic rings. The van der Waals surface area contributed by atoms with E-state index in [-0.39, 0.29) is 5.54 Å². The molecule has 1 aromatic rings. The molecule has 0 bridgehead atoms. The van der Waals surface area contributed by atoms with Crippen LogP contribution in [0.4, 0.5) is 0 Å². The van der Waals surface area contributed by atoms with Gasteiger partial charge < -0.3 is 5.32 Å². The molecule has 0 spiro atoms. The van der Waals surface area contributed by atoms with Gasteiger partial charge in [0.05, 0.1) is 4.34 Å². The Morgan fingerprint density at radius 2 is 2.06 bits per heavy atom. The summed E-state index contributed by atoms with van der Waals surface area (Å²) in [5.74, 6) is 0.713. The van der Waals surface area contributed by atoms with Crippen molar-refractivity contribution in [3.8, 4) is 0 Å². The third-order valence-electron chi connectivity index (χ3n) is 2.47. The fraction of sp³-hybridized carbons (Fsp3) is 0.692. The number of thiophene rings is 1. The zero-order chi connectivity index (χ0) is 12.2. The molecule has 0 amide bonds. The van der Waals surface area contributed by atoms with E-state index in [1.807, 2.05) is 6.07 Å². The summed E-state index contributed by atoms with van der Waals surface area (Å²) in [6.45, 7) is 10.0. The van der Waals surface area contributed by atoms with Crippen LogP contribution in [-0.2, 0) is 6.42 Å². The first-order chi connectivity index (χ1) is 7.37. The van der Waals surface area contributed by atoms with Gasteiger partial charge in [-0.05, 0) is 58.2 Å². The Morgan fingerprint density at radius 3 is 2.56 bits per heavy atom. The zero-order valence-electron chi connectivity index (χ0n) is 10.6. The van der Waals surface area contributed by atoms with E-state index in [1.54, 1.807) is 11.3 Å². The summed E-state index contributed by atoms with van der Waals surface area (Å²) in [6, 6.07) is 4.13. The molecule has 1 N–H and O–H groups in total. The third-order valence-corrected chi connectivity index (χ3v) is 3.72. The molecular formula is C13H22ClNS. The molecule has 1 nitrogen and oxygen atoms in total. The quantitative estimate of drug-likeness (QED) is 0.829. The molecule has 3 heteroatoms. The summed E-state index contributed by atoms with van der Waals surface area (Å²) >= 11 is 7.61. The van der Waals surface area contributed by atoms with Crippen molar-refractivity contribution in [2.75, 3.05) is 6.54 Å². The van der Waals surface area contributed by atoms with Gasteiger partial charge in [0.2, 0.25) is 0 Å². The van der Waals surface area contributed by atoms with Crippen molar-refractivity contribution < 1.29 is 0 Å². The van der Waals surface area contributed by atoms with Crippen LogP contribution in [0.3, 0.4) is 0 Å². The Labute approximate surface area is 108 Å². The van der Waals surface area contributed by atoms with Gasteiger partial charge >= 0.3 is 0 Å². The van der Waals surface area contributed by atoms with E-state index in [4.69, 9.17) is 11.6 Å². The fourth-order valence-electron chi connectivity index (χ4n) is 1.60. The molecule has 92 valence electrons. The van der Waals surface area contributed by atoms with Crippen molar-refractivity contribution >= 4 is 22.9 Å². The Bertz CT molecular complexity index is 314. The fourth-order valence-corrected chi connectivity index (χ4v) is 2.85. The van der Waals surface area contributed by atoms with Gasteiger partial charge in [-0.1, -0.05) is 18.5 Å². The van der Waals surface area contributed by atoms with Gasteiger partial charge in [0, 0.05) is 10.4 Å². The van der Waals surface area contributed by atoms with Gasteiger partial charge in [0.1, 0.15) is 0 Å². The van der Waals surface area contributed by atoms with Crippen molar-refractivity contribution in [2.45, 2.75) is 46.1 Å². The maximum absolute atomic E-state index is 5.91. The van der Waals surface area contributed by atoms with E-state index in [0.717, 1.165) is 17.3 Å². The predicted octanol–water partition coefficient (Wildman–Crippen LogP) is 4.36. The monoisotopic (exact) mass is 259 g/mol. The lowest BCUT2D eigenvalue weighted by atomic mass is 10.0. The second-order valence-corrected chi connectivity index (χ2v) is 7.28. The first-order valence-corrected chi connectivity index (χ1v) is 7.05. The molecule has 0 aliphatic heterocycles. The van der Waals surface area contributed by atoms with Crippen LogP contribution >= 0.6 is 22.9 Å². The highest BCUT2D eigenvalue weighted by Crippen LogP contribution is 2.24. The maximum Gasteiger partial charge on any atom is 0.0931 e. The van der Waals surface area contributed by atoms with E-state index >= 15 is 0 Å². The summed E-state index contributed by atoms with van der Waals surface area (Å²) in [5.41, 5.74) is 0.228. The molecule has 1 aromatic heterocycles. The Kier molecular flexibility index (Phi) is 5.29. The van der Waals surface area contributed by atoms with Gasteiger partial charge in [-0.25, -0.2) is 0 Å². The van der Waals surface area contributed by atoms with Gasteiger partial charge in [-0.3, -0.25) is 0 Å².